The topological polar surface area (TPSA) is 563 Å². The molecule has 9 rings (SSSR count). The number of rotatable bonds is 34. The zero-order chi connectivity index (χ0) is 98.6. The van der Waals surface area contributed by atoms with Gasteiger partial charge in [0.2, 0.25) is 23.6 Å². The summed E-state index contributed by atoms with van der Waals surface area (Å²) >= 11 is 2.38. The second kappa shape index (κ2) is 66.0. The Hall–Kier alpha value is -7.69. The number of carbonyl (C=O) groups is 14. The molecule has 0 saturated heterocycles. The molecule has 0 bridgehead atoms. The van der Waals surface area contributed by atoms with Crippen molar-refractivity contribution in [3.8, 4) is 0 Å². The molecule has 4 aromatic rings. The zero-order valence-electron chi connectivity index (χ0n) is 79.8. The van der Waals surface area contributed by atoms with Crippen molar-refractivity contribution >= 4 is 146 Å². The summed E-state index contributed by atoms with van der Waals surface area (Å²) in [5, 5.41) is 56.1. The molecule has 0 aromatic heterocycles. The van der Waals surface area contributed by atoms with Crippen molar-refractivity contribution in [3.63, 3.8) is 0 Å². The first-order valence-electron chi connectivity index (χ1n) is 42.4. The predicted molar refractivity (Wildman–Crippen MR) is 487 cm³/mol. The van der Waals surface area contributed by atoms with Crippen LogP contribution in [0.4, 0.5) is 39.8 Å². The van der Waals surface area contributed by atoms with Crippen molar-refractivity contribution in [3.05, 3.63) is 143 Å². The Morgan fingerprint density at radius 1 is 0.470 bits per heavy atom. The number of carbonyl (C=O) groups excluding carboxylic acids is 14. The Bertz CT molecular complexity index is 4420. The molecule has 5 aliphatic rings. The van der Waals surface area contributed by atoms with Gasteiger partial charge >= 0.3 is 186 Å². The third-order valence-corrected chi connectivity index (χ3v) is 21.5. The number of nitrogens with one attached hydrogen (secondary N) is 1. The van der Waals surface area contributed by atoms with E-state index in [1.54, 1.807) is 103 Å². The first-order chi connectivity index (χ1) is 61.3. The number of ether oxygens (including phenoxy) is 8. The molecule has 736 valence electrons. The van der Waals surface area contributed by atoms with Gasteiger partial charge in [0.1, 0.15) is 0 Å². The summed E-state index contributed by atoms with van der Waals surface area (Å²) < 4.78 is 41.5. The van der Waals surface area contributed by atoms with Crippen LogP contribution in [0.15, 0.2) is 90.7 Å². The average Bonchev–Trinajstić information content (AvgIpc) is 1.58. The van der Waals surface area contributed by atoms with Gasteiger partial charge in [0.25, 0.3) is 22.9 Å². The molecule has 0 atom stereocenters. The van der Waals surface area contributed by atoms with E-state index in [1.807, 2.05) is 41.5 Å². The summed E-state index contributed by atoms with van der Waals surface area (Å²) in [6, 6.07) is 20.3. The van der Waals surface area contributed by atoms with E-state index in [0.29, 0.717) is 71.2 Å². The maximum absolute atomic E-state index is 13.5. The number of nitrogens with zero attached hydrogens (tertiary/aromatic N) is 6. The summed E-state index contributed by atoms with van der Waals surface area (Å²) in [6.45, 7) is 31.7. The number of hydrogen-bond donors (Lipinski definition) is 4. The number of nitro benzene ring substituents is 2. The van der Waals surface area contributed by atoms with E-state index in [1.165, 1.54) is 50.6 Å². The predicted octanol–water partition coefficient (Wildman–Crippen LogP) is 6.56. The van der Waals surface area contributed by atoms with E-state index in [-0.39, 0.29) is 307 Å². The van der Waals surface area contributed by atoms with Gasteiger partial charge in [-0.25, -0.2) is 0 Å². The number of fused-ring (bicyclic) bond motifs is 4. The number of para-hydroxylation sites is 1. The summed E-state index contributed by atoms with van der Waals surface area (Å²) in [5.41, 5.74) is 4.72. The molecule has 40 nitrogen and oxygen atoms in total. The number of nitrogens with two attached hydrogens (primary N) is 1. The van der Waals surface area contributed by atoms with Gasteiger partial charge in [-0.05, 0) is 157 Å². The minimum absolute atomic E-state index is 0. The number of alkyl halides is 1. The number of anilines is 5. The van der Waals surface area contributed by atoms with Crippen LogP contribution in [0.3, 0.4) is 0 Å². The number of aliphatic hydroxyl groups excluding tert-OH is 1. The number of benzene rings is 4. The Morgan fingerprint density at radius 3 is 1.00 bits per heavy atom. The first-order valence-corrected chi connectivity index (χ1v) is 44.0. The molecule has 1 aliphatic carbocycles. The maximum atomic E-state index is 13.5. The van der Waals surface area contributed by atoms with Crippen molar-refractivity contribution in [1.29, 1.82) is 0 Å². The number of esters is 8. The van der Waals surface area contributed by atoms with Crippen molar-refractivity contribution < 1.29 is 297 Å². The zero-order valence-corrected chi connectivity index (χ0v) is 94.6. The second-order valence-corrected chi connectivity index (χ2v) is 32.3. The number of nitro groups is 2. The van der Waals surface area contributed by atoms with Crippen LogP contribution in [-0.4, -0.2) is 186 Å². The molecule has 4 aliphatic heterocycles. The molecule has 5 N–H and O–H groups in total. The minimum atomic E-state index is -1.60. The van der Waals surface area contributed by atoms with E-state index >= 15 is 0 Å². The van der Waals surface area contributed by atoms with Crippen molar-refractivity contribution in [1.82, 2.24) is 0 Å². The van der Waals surface area contributed by atoms with Gasteiger partial charge in [-0.1, -0.05) is 110 Å². The SMILES string of the molecule is C.CC(C)CI.CCOC(=O)CC1(CC(=O)OCC)C(=O)N(CC(C)C)c2ccc(N)cc21.CCOC(=O)CC1(CC(=O)OCC)C(=O)N(CC(C)C)c2ccc([N+](=O)[O-])cc21.CCOC(=O)CC1(CC(=O)OCC)C(=O)N(CC(C)C)c2ccc([N+](=O)[O-])cc21.CCOC(=O)CC1(CC(=O)OCC)C(=O)Nc2ccccc21.O=C1CCCCC/C1=C/O.O=CO[O-].O=[N+]([O-])O.[Cs+].[Cs+].[Fe].[H-]. The van der Waals surface area contributed by atoms with Gasteiger partial charge in [0.15, 0.2) is 5.78 Å². The normalized spacial score (nSPS) is 14.4. The summed E-state index contributed by atoms with van der Waals surface area (Å²) in [5.74, 6) is -4.91. The summed E-state index contributed by atoms with van der Waals surface area (Å²) in [6.07, 6.45) is 3.02. The van der Waals surface area contributed by atoms with Crippen LogP contribution in [0.25, 0.3) is 0 Å². The molecule has 0 unspecified atom stereocenters. The van der Waals surface area contributed by atoms with Crippen LogP contribution >= 0.6 is 22.6 Å². The van der Waals surface area contributed by atoms with E-state index in [2.05, 4.69) is 46.6 Å². The van der Waals surface area contributed by atoms with Crippen molar-refractivity contribution in [2.75, 3.05) is 103 Å². The molecule has 134 heavy (non-hydrogen) atoms. The fraction of sp³-hybridized carbons (Fsp3) is 0.556. The number of ketones is 1. The van der Waals surface area contributed by atoms with Crippen LogP contribution in [0.2, 0.25) is 0 Å². The third-order valence-electron chi connectivity index (χ3n) is 19.8. The van der Waals surface area contributed by atoms with Gasteiger partial charge in [0, 0.05) is 106 Å². The third kappa shape index (κ3) is 39.3. The number of Topliss-reactive ketones (excluding diaryl/α,β-unsaturated/α-hetero) is 1. The maximum Gasteiger partial charge on any atom is 1.00 e. The Kier molecular flexibility index (Phi) is 64.2. The smallest absolute Gasteiger partial charge is 1.00 e. The summed E-state index contributed by atoms with van der Waals surface area (Å²) in [7, 11) is 0. The molecular weight excluding hydrogens is 2150 g/mol. The minimum Gasteiger partial charge on any atom is -1.00 e. The second-order valence-electron chi connectivity index (χ2n) is 31.4. The molecule has 44 heteroatoms. The van der Waals surface area contributed by atoms with E-state index in [0.717, 1.165) is 37.9 Å². The van der Waals surface area contributed by atoms with E-state index < -0.39 is 122 Å². The van der Waals surface area contributed by atoms with E-state index in [4.69, 9.17) is 74.1 Å². The van der Waals surface area contributed by atoms with E-state index in [9.17, 15) is 82.6 Å². The molecular formula is C90H127Cs2FeIN8O32. The average molecular weight is 2280 g/mol. The van der Waals surface area contributed by atoms with Gasteiger partial charge in [-0.3, -0.25) is 87.4 Å². The molecule has 4 heterocycles. The van der Waals surface area contributed by atoms with Crippen LogP contribution in [0.1, 0.15) is 225 Å². The Balaban J connectivity index is -0.000000776. The number of non-ortho nitro benzene ring substituents is 2. The number of halogens is 1. The summed E-state index contributed by atoms with van der Waals surface area (Å²) in [4.78, 5) is 208. The molecule has 4 amide bonds. The standard InChI is InChI=1S/2C20H26N2O7.C20H28N2O5.C16H19NO5.C8H12O2.C4H9I.CH2O3.CH4.2Cs.Fe.HNO3.H/c2*1-5-28-17(23)10-20(11-18(24)29-6-2)15-9-14(22(26)27)7-8-16(15)21(19(20)25)12-13(3)4;1-5-26-17(23)10-20(11-18(24)27-6-2)15-9-14(21)7-8-16(15)22(19(20)25)12-13(3)4;1-3-21-13(18)9-16(10-14(19)22-4-2)11-7-5-6-8-12(11)17-15(16)20;9-6-7-4-2-1-3-5-8(7)10;1-4(2)3-5;2-1-4-3;;;;;2-1(3)4;/h2*7-9,13H,5-6,10-12H2,1-4H3;7-9,13H,5-6,10-12,21H2,1-4H3;5-8H,3-4,9-10H2,1-2H3,(H,17,20);6,9H,1-5H2;4H,3H2,1-2H3;1,3H;1H4;;;;(H,2,3,4);/q;;;;;;;;2*+1;;;-1/p-1/b;;;;7-6-;;;;;;;;. The number of hydrogen-bond acceptors (Lipinski definition) is 32. The van der Waals surface area contributed by atoms with Gasteiger partial charge < -0.3 is 85.5 Å². The largest absolute Gasteiger partial charge is 1.00 e. The van der Waals surface area contributed by atoms with Crippen molar-refractivity contribution in [2.45, 2.75) is 223 Å². The fourth-order valence-electron chi connectivity index (χ4n) is 14.7. The first kappa shape index (κ1) is 130. The number of amides is 4. The quantitative estimate of drug-likeness (QED) is 0.00307. The van der Waals surface area contributed by atoms with Gasteiger partial charge in [-0.15, -0.1) is 10.1 Å². The van der Waals surface area contributed by atoms with Crippen LogP contribution in [0, 0.1) is 54.0 Å². The Labute approximate surface area is 924 Å². The number of allylic oxidation sites excluding steroid dienone is 1. The van der Waals surface area contributed by atoms with Gasteiger partial charge in [0.05, 0.1) is 142 Å². The monoisotopic (exact) mass is 2280 g/mol. The number of nitrogen functional groups attached to an aromatic ring is 1. The molecule has 4 aromatic carbocycles. The van der Waals surface area contributed by atoms with Gasteiger partial charge in [-0.2, -0.15) is 0 Å². The van der Waals surface area contributed by atoms with Crippen molar-refractivity contribution in [2.24, 2.45) is 23.7 Å². The van der Waals surface area contributed by atoms with Crippen LogP contribution in [0.5, 0.6) is 0 Å². The fourth-order valence-corrected chi connectivity index (χ4v) is 14.7. The van der Waals surface area contributed by atoms with Crippen LogP contribution < -0.4 is 169 Å². The van der Waals surface area contributed by atoms with Crippen LogP contribution in [-0.2, 0) is 149 Å². The Morgan fingerprint density at radius 2 is 0.739 bits per heavy atom. The number of aliphatic hydroxyl groups is 1. The molecule has 0 radical (unpaired) electrons. The molecule has 0 spiro atoms. The molecule has 1 saturated carbocycles. The molecule has 1 fully saturated rings.